The lowest BCUT2D eigenvalue weighted by Gasteiger charge is -2.23. The van der Waals surface area contributed by atoms with Gasteiger partial charge in [-0.1, -0.05) is 95.5 Å². The molecule has 1 aromatic heterocycles. The van der Waals surface area contributed by atoms with Gasteiger partial charge in [0.25, 0.3) is 5.78 Å². The van der Waals surface area contributed by atoms with Crippen molar-refractivity contribution in [2.45, 2.75) is 35.9 Å². The molecule has 1 aliphatic rings. The number of aromatic nitrogens is 2. The van der Waals surface area contributed by atoms with Crippen molar-refractivity contribution < 1.29 is 19.4 Å². The van der Waals surface area contributed by atoms with Gasteiger partial charge in [-0.3, -0.25) is 14.5 Å². The summed E-state index contributed by atoms with van der Waals surface area (Å²) in [6, 6.07) is 18.0. The first-order chi connectivity index (χ1) is 20.3. The van der Waals surface area contributed by atoms with Crippen molar-refractivity contribution in [1.82, 2.24) is 10.2 Å². The number of carbonyl (C=O) groups excluding carboxylic acids is 2. The van der Waals surface area contributed by atoms with Crippen LogP contribution in [-0.4, -0.2) is 33.6 Å². The molecule has 1 aliphatic heterocycles. The molecule has 1 saturated heterocycles. The summed E-state index contributed by atoms with van der Waals surface area (Å²) in [7, 11) is 0. The molecule has 42 heavy (non-hydrogen) atoms. The van der Waals surface area contributed by atoms with Crippen LogP contribution in [0.1, 0.15) is 42.5 Å². The Balaban J connectivity index is 1.51. The van der Waals surface area contributed by atoms with Crippen LogP contribution in [0.5, 0.6) is 5.75 Å². The minimum Gasteiger partial charge on any atom is -0.507 e. The molecule has 1 N–H and O–H groups in total. The molecule has 3 aromatic carbocycles. The number of halogens is 3. The van der Waals surface area contributed by atoms with Crippen molar-refractivity contribution in [3.63, 3.8) is 0 Å². The molecular weight excluding hydrogens is 637 g/mol. The maximum Gasteiger partial charge on any atom is 0.301 e. The first kappa shape index (κ1) is 30.4. The summed E-state index contributed by atoms with van der Waals surface area (Å²) >= 11 is 21.4. The number of rotatable bonds is 10. The normalized spacial score (nSPS) is 16.3. The van der Waals surface area contributed by atoms with Gasteiger partial charge in [0, 0.05) is 16.3 Å². The summed E-state index contributed by atoms with van der Waals surface area (Å²) < 4.78 is 6.30. The second-order valence-electron chi connectivity index (χ2n) is 9.30. The molecule has 1 atom stereocenters. The van der Waals surface area contributed by atoms with Crippen LogP contribution in [0.15, 0.2) is 76.6 Å². The van der Waals surface area contributed by atoms with E-state index in [1.165, 1.54) is 16.7 Å². The Bertz CT molecular complexity index is 1660. The number of benzene rings is 3. The van der Waals surface area contributed by atoms with E-state index in [-0.39, 0.29) is 21.5 Å². The summed E-state index contributed by atoms with van der Waals surface area (Å²) in [5, 5.41) is 21.3. The first-order valence-electron chi connectivity index (χ1n) is 13.0. The lowest BCUT2D eigenvalue weighted by atomic mass is 9.95. The highest BCUT2D eigenvalue weighted by atomic mass is 35.5. The lowest BCUT2D eigenvalue weighted by molar-refractivity contribution is -0.132. The number of hydrogen-bond acceptors (Lipinski definition) is 8. The van der Waals surface area contributed by atoms with Gasteiger partial charge in [0.15, 0.2) is 4.34 Å². The predicted octanol–water partition coefficient (Wildman–Crippen LogP) is 8.60. The van der Waals surface area contributed by atoms with Crippen molar-refractivity contribution in [3.05, 3.63) is 104 Å². The molecule has 0 aliphatic carbocycles. The molecule has 0 spiro atoms. The van der Waals surface area contributed by atoms with Crippen molar-refractivity contribution in [2.75, 3.05) is 11.5 Å². The third-order valence-corrected chi connectivity index (χ3v) is 9.72. The zero-order chi connectivity index (χ0) is 29.8. The molecule has 0 bridgehead atoms. The van der Waals surface area contributed by atoms with Gasteiger partial charge in [-0.25, -0.2) is 0 Å². The molecule has 0 radical (unpaired) electrons. The highest BCUT2D eigenvalue weighted by Crippen LogP contribution is 2.45. The number of amides is 1. The smallest absolute Gasteiger partial charge is 0.301 e. The quantitative estimate of drug-likeness (QED) is 0.0455. The number of carbonyl (C=O) groups is 2. The van der Waals surface area contributed by atoms with Crippen LogP contribution in [-0.2, 0) is 15.3 Å². The molecule has 0 saturated carbocycles. The van der Waals surface area contributed by atoms with Gasteiger partial charge >= 0.3 is 5.91 Å². The van der Waals surface area contributed by atoms with E-state index in [0.717, 1.165) is 29.7 Å². The Hall–Kier alpha value is -3.08. The number of ether oxygens (including phenoxy) is 1. The minimum absolute atomic E-state index is 0.0986. The average Bonchev–Trinajstić information content (AvgIpc) is 3.56. The van der Waals surface area contributed by atoms with Gasteiger partial charge in [0.1, 0.15) is 11.5 Å². The Morgan fingerprint density at radius 2 is 1.76 bits per heavy atom. The number of thioether (sulfide) groups is 1. The Morgan fingerprint density at radius 1 is 1.00 bits per heavy atom. The number of aliphatic hydroxyl groups is 1. The van der Waals surface area contributed by atoms with Crippen LogP contribution >= 0.6 is 57.9 Å². The Kier molecular flexibility index (Phi) is 9.75. The van der Waals surface area contributed by atoms with Crippen molar-refractivity contribution in [1.29, 1.82) is 0 Å². The topological polar surface area (TPSA) is 92.6 Å². The average molecular weight is 661 g/mol. The van der Waals surface area contributed by atoms with Crippen LogP contribution in [0.25, 0.3) is 5.76 Å². The van der Waals surface area contributed by atoms with Crippen molar-refractivity contribution in [3.8, 4) is 5.75 Å². The number of nitrogens with zero attached hydrogens (tertiary/aromatic N) is 3. The van der Waals surface area contributed by atoms with Gasteiger partial charge < -0.3 is 9.84 Å². The van der Waals surface area contributed by atoms with E-state index in [2.05, 4.69) is 17.1 Å². The second-order valence-corrected chi connectivity index (χ2v) is 12.7. The number of unbranched alkanes of at least 4 members (excludes halogenated alkanes) is 1. The zero-order valence-corrected chi connectivity index (χ0v) is 26.1. The van der Waals surface area contributed by atoms with Crippen molar-refractivity contribution >= 4 is 80.5 Å². The summed E-state index contributed by atoms with van der Waals surface area (Å²) in [6.07, 6.45) is 1.92. The lowest BCUT2D eigenvalue weighted by Crippen LogP contribution is -2.29. The fraction of sp³-hybridized carbons (Fsp3) is 0.200. The maximum atomic E-state index is 13.5. The molecule has 216 valence electrons. The summed E-state index contributed by atoms with van der Waals surface area (Å²) in [6.45, 7) is 2.65. The summed E-state index contributed by atoms with van der Waals surface area (Å²) in [5.74, 6) is -0.845. The molecule has 12 heteroatoms. The second kappa shape index (κ2) is 13.5. The minimum atomic E-state index is -1.02. The van der Waals surface area contributed by atoms with Gasteiger partial charge in [-0.2, -0.15) is 0 Å². The molecule has 7 nitrogen and oxygen atoms in total. The molecule has 5 rings (SSSR count). The predicted molar refractivity (Wildman–Crippen MR) is 169 cm³/mol. The van der Waals surface area contributed by atoms with E-state index in [4.69, 9.17) is 39.5 Å². The number of hydrogen-bond donors (Lipinski definition) is 1. The van der Waals surface area contributed by atoms with E-state index < -0.39 is 17.7 Å². The third kappa shape index (κ3) is 6.45. The van der Waals surface area contributed by atoms with Gasteiger partial charge in [0.05, 0.1) is 28.3 Å². The first-order valence-corrected chi connectivity index (χ1v) is 15.9. The van der Waals surface area contributed by atoms with Crippen LogP contribution < -0.4 is 9.64 Å². The third-order valence-electron chi connectivity index (χ3n) is 6.51. The standard InChI is InChI=1S/C30H24Cl3N3O4S2/c1-2-3-14-40-20-11-8-17(9-12-20)26(37)24-25(18-10-13-22(32)23(33)15-18)36(28(39)27(24)38)29-34-35-30(42-29)41-16-19-6-4-5-7-21(19)31/h4-13,15,25,37H,2-3,14,16H2,1H3/t25-/m0/s1. The van der Waals surface area contributed by atoms with Crippen molar-refractivity contribution in [2.24, 2.45) is 0 Å². The fourth-order valence-electron chi connectivity index (χ4n) is 4.34. The van der Waals surface area contributed by atoms with Crippen LogP contribution in [0, 0.1) is 0 Å². The molecule has 1 fully saturated rings. The zero-order valence-electron chi connectivity index (χ0n) is 22.2. The van der Waals surface area contributed by atoms with E-state index in [0.29, 0.717) is 43.6 Å². The van der Waals surface area contributed by atoms with Gasteiger partial charge in [-0.15, -0.1) is 10.2 Å². The molecule has 4 aromatic rings. The summed E-state index contributed by atoms with van der Waals surface area (Å²) in [5.41, 5.74) is 1.66. The Morgan fingerprint density at radius 3 is 2.48 bits per heavy atom. The maximum absolute atomic E-state index is 13.5. The van der Waals surface area contributed by atoms with E-state index >= 15 is 0 Å². The highest BCUT2D eigenvalue weighted by Gasteiger charge is 2.48. The fourth-order valence-corrected chi connectivity index (χ4v) is 6.80. The van der Waals surface area contributed by atoms with E-state index in [1.807, 2.05) is 24.3 Å². The summed E-state index contributed by atoms with van der Waals surface area (Å²) in [4.78, 5) is 28.2. The molecule has 0 unspecified atom stereocenters. The number of anilines is 1. The van der Waals surface area contributed by atoms with Gasteiger partial charge in [0.2, 0.25) is 5.13 Å². The number of aliphatic hydroxyl groups excluding tert-OH is 1. The largest absolute Gasteiger partial charge is 0.507 e. The molecule has 1 amide bonds. The molecular formula is C30H24Cl3N3O4S2. The number of ketones is 1. The van der Waals surface area contributed by atoms with E-state index in [1.54, 1.807) is 42.5 Å². The van der Waals surface area contributed by atoms with Crippen LogP contribution in [0.3, 0.4) is 0 Å². The highest BCUT2D eigenvalue weighted by molar-refractivity contribution is 8.00. The van der Waals surface area contributed by atoms with Crippen LogP contribution in [0.4, 0.5) is 5.13 Å². The van der Waals surface area contributed by atoms with E-state index in [9.17, 15) is 14.7 Å². The Labute approximate surface area is 266 Å². The monoisotopic (exact) mass is 659 g/mol. The van der Waals surface area contributed by atoms with Crippen LogP contribution in [0.2, 0.25) is 15.1 Å². The SMILES string of the molecule is CCCCOc1ccc(C(O)=C2C(=O)C(=O)N(c3nnc(SCc4ccccc4Cl)s3)[C@H]2c2ccc(Cl)c(Cl)c2)cc1. The molecule has 2 heterocycles. The number of Topliss-reactive ketones (excluding diaryl/α,β-unsaturated/α-hetero) is 1. The van der Waals surface area contributed by atoms with Gasteiger partial charge in [-0.05, 0) is 60.0 Å².